The van der Waals surface area contributed by atoms with Crippen LogP contribution in [-0.4, -0.2) is 35.4 Å². The first-order valence-electron chi connectivity index (χ1n) is 8.01. The lowest BCUT2D eigenvalue weighted by atomic mass is 10.1. The van der Waals surface area contributed by atoms with E-state index in [-0.39, 0.29) is 22.5 Å². The predicted octanol–water partition coefficient (Wildman–Crippen LogP) is 4.54. The Bertz CT molecular complexity index is 1170. The Labute approximate surface area is 168 Å². The average molecular weight is 417 g/mol. The van der Waals surface area contributed by atoms with Gasteiger partial charge in [-0.15, -0.1) is 5.10 Å². The average Bonchev–Trinajstić information content (AvgIpc) is 3.34. The van der Waals surface area contributed by atoms with Gasteiger partial charge in [-0.25, -0.2) is 9.78 Å². The van der Waals surface area contributed by atoms with Gasteiger partial charge in [0.25, 0.3) is 0 Å². The Balaban J connectivity index is 1.61. The van der Waals surface area contributed by atoms with Gasteiger partial charge in [-0.1, -0.05) is 34.1 Å². The quantitative estimate of drug-likeness (QED) is 0.473. The molecule has 0 amide bonds. The molecule has 0 spiro atoms. The van der Waals surface area contributed by atoms with Crippen LogP contribution in [0.2, 0.25) is 5.02 Å². The first-order valence-corrected chi connectivity index (χ1v) is 9.21. The minimum absolute atomic E-state index is 0.169. The van der Waals surface area contributed by atoms with Gasteiger partial charge in [0, 0.05) is 5.56 Å². The number of carbonyl (C=O) groups is 1. The standard InChI is InChI=1S/C18H13ClN4O4S/c1-25-12-4-3-5-13-14(12)20-18(28-13)21-17-23-22-15(27-17)9-6-7-11(19)10(8-9)16(24)26-2/h3-8H,1-2H3,(H,20,21,23). The SMILES string of the molecule is COC(=O)c1cc(-c2nnc(Nc3nc4c(OC)cccc4s3)o2)ccc1Cl. The van der Waals surface area contributed by atoms with Crippen molar-refractivity contribution in [3.05, 3.63) is 47.0 Å². The Morgan fingerprint density at radius 3 is 2.86 bits per heavy atom. The van der Waals surface area contributed by atoms with Gasteiger partial charge in [0.05, 0.1) is 29.5 Å². The Hall–Kier alpha value is -3.17. The van der Waals surface area contributed by atoms with Crippen molar-refractivity contribution < 1.29 is 18.7 Å². The maximum Gasteiger partial charge on any atom is 0.339 e. The summed E-state index contributed by atoms with van der Waals surface area (Å²) in [5.41, 5.74) is 1.50. The number of rotatable bonds is 5. The number of halogens is 1. The maximum absolute atomic E-state index is 11.8. The summed E-state index contributed by atoms with van der Waals surface area (Å²) >= 11 is 7.47. The number of para-hydroxylation sites is 1. The predicted molar refractivity (Wildman–Crippen MR) is 106 cm³/mol. The van der Waals surface area contributed by atoms with Crippen LogP contribution in [0.1, 0.15) is 10.4 Å². The molecule has 2 aromatic heterocycles. The Morgan fingerprint density at radius 1 is 1.21 bits per heavy atom. The van der Waals surface area contributed by atoms with Crippen LogP contribution in [-0.2, 0) is 4.74 Å². The molecule has 0 saturated heterocycles. The molecule has 0 atom stereocenters. The Kier molecular flexibility index (Phi) is 4.84. The molecule has 0 unspecified atom stereocenters. The van der Waals surface area contributed by atoms with Gasteiger partial charge in [0.2, 0.25) is 5.89 Å². The van der Waals surface area contributed by atoms with Crippen LogP contribution >= 0.6 is 22.9 Å². The van der Waals surface area contributed by atoms with Crippen LogP contribution in [0.15, 0.2) is 40.8 Å². The number of esters is 1. The molecular formula is C18H13ClN4O4S. The molecule has 1 N–H and O–H groups in total. The number of thiazole rings is 1. The zero-order valence-corrected chi connectivity index (χ0v) is 16.3. The van der Waals surface area contributed by atoms with Gasteiger partial charge in [0.15, 0.2) is 5.13 Å². The number of aromatic nitrogens is 3. The second-order valence-electron chi connectivity index (χ2n) is 5.55. The maximum atomic E-state index is 11.8. The van der Waals surface area contributed by atoms with Crippen LogP contribution in [0.5, 0.6) is 5.75 Å². The molecule has 0 fully saturated rings. The number of benzene rings is 2. The minimum atomic E-state index is -0.548. The molecule has 0 aliphatic carbocycles. The van der Waals surface area contributed by atoms with Crippen LogP contribution in [0, 0.1) is 0 Å². The molecule has 0 aliphatic heterocycles. The number of nitrogens with zero attached hydrogens (tertiary/aromatic N) is 3. The second-order valence-corrected chi connectivity index (χ2v) is 6.99. The van der Waals surface area contributed by atoms with Gasteiger partial charge in [-0.3, -0.25) is 5.32 Å². The molecule has 2 aromatic carbocycles. The number of hydrogen-bond acceptors (Lipinski definition) is 9. The smallest absolute Gasteiger partial charge is 0.339 e. The number of carbonyl (C=O) groups excluding carboxylic acids is 1. The van der Waals surface area contributed by atoms with Crippen molar-refractivity contribution in [1.82, 2.24) is 15.2 Å². The number of methoxy groups -OCH3 is 2. The van der Waals surface area contributed by atoms with E-state index >= 15 is 0 Å². The fraction of sp³-hybridized carbons (Fsp3) is 0.111. The van der Waals surface area contributed by atoms with E-state index in [1.165, 1.54) is 24.5 Å². The van der Waals surface area contributed by atoms with Crippen molar-refractivity contribution in [3.8, 4) is 17.2 Å². The largest absolute Gasteiger partial charge is 0.494 e. The summed E-state index contributed by atoms with van der Waals surface area (Å²) in [5.74, 6) is 0.362. The van der Waals surface area contributed by atoms with E-state index in [1.807, 2.05) is 18.2 Å². The van der Waals surface area contributed by atoms with E-state index < -0.39 is 5.97 Å². The molecule has 2 heterocycles. The number of ether oxygens (including phenoxy) is 2. The Morgan fingerprint density at radius 2 is 2.07 bits per heavy atom. The lowest BCUT2D eigenvalue weighted by molar-refractivity contribution is 0.0601. The molecule has 0 aliphatic rings. The molecule has 4 rings (SSSR count). The normalized spacial score (nSPS) is 10.8. The van der Waals surface area contributed by atoms with Gasteiger partial charge in [-0.2, -0.15) is 0 Å². The van der Waals surface area contributed by atoms with Gasteiger partial charge in [-0.05, 0) is 30.3 Å². The van der Waals surface area contributed by atoms with Crippen LogP contribution in [0.25, 0.3) is 21.7 Å². The third kappa shape index (κ3) is 3.37. The highest BCUT2D eigenvalue weighted by atomic mass is 35.5. The van der Waals surface area contributed by atoms with Crippen molar-refractivity contribution in [2.45, 2.75) is 0 Å². The van der Waals surface area contributed by atoms with Crippen molar-refractivity contribution in [2.75, 3.05) is 19.5 Å². The third-order valence-electron chi connectivity index (χ3n) is 3.86. The number of anilines is 2. The van der Waals surface area contributed by atoms with E-state index in [1.54, 1.807) is 19.2 Å². The lowest BCUT2D eigenvalue weighted by Crippen LogP contribution is -2.02. The van der Waals surface area contributed by atoms with E-state index in [9.17, 15) is 4.79 Å². The first-order chi connectivity index (χ1) is 13.6. The summed E-state index contributed by atoms with van der Waals surface area (Å²) in [5, 5.41) is 11.8. The van der Waals surface area contributed by atoms with Gasteiger partial charge >= 0.3 is 12.0 Å². The minimum Gasteiger partial charge on any atom is -0.494 e. The van der Waals surface area contributed by atoms with Gasteiger partial charge in [0.1, 0.15) is 11.3 Å². The number of fused-ring (bicyclic) bond motifs is 1. The summed E-state index contributed by atoms with van der Waals surface area (Å²) in [6, 6.07) is 10.6. The fourth-order valence-corrected chi connectivity index (χ4v) is 3.62. The summed E-state index contributed by atoms with van der Waals surface area (Å²) in [6.07, 6.45) is 0. The zero-order valence-electron chi connectivity index (χ0n) is 14.7. The van der Waals surface area contributed by atoms with Crippen LogP contribution in [0.4, 0.5) is 11.1 Å². The number of nitrogens with one attached hydrogen (secondary N) is 1. The fourth-order valence-electron chi connectivity index (χ4n) is 2.55. The summed E-state index contributed by atoms with van der Waals surface area (Å²) in [7, 11) is 2.88. The topological polar surface area (TPSA) is 99.4 Å². The first kappa shape index (κ1) is 18.2. The number of hydrogen-bond donors (Lipinski definition) is 1. The lowest BCUT2D eigenvalue weighted by Gasteiger charge is -2.03. The van der Waals surface area contributed by atoms with Crippen molar-refractivity contribution in [3.63, 3.8) is 0 Å². The van der Waals surface area contributed by atoms with Crippen molar-refractivity contribution in [1.29, 1.82) is 0 Å². The van der Waals surface area contributed by atoms with Crippen LogP contribution in [0.3, 0.4) is 0 Å². The molecule has 0 radical (unpaired) electrons. The van der Waals surface area contributed by atoms with E-state index in [0.717, 1.165) is 10.2 Å². The third-order valence-corrected chi connectivity index (χ3v) is 5.12. The summed E-state index contributed by atoms with van der Waals surface area (Å²) in [4.78, 5) is 16.3. The highest BCUT2D eigenvalue weighted by Gasteiger charge is 2.16. The van der Waals surface area contributed by atoms with Crippen molar-refractivity contribution >= 4 is 50.3 Å². The van der Waals surface area contributed by atoms with E-state index in [4.69, 9.17) is 25.5 Å². The molecule has 28 heavy (non-hydrogen) atoms. The van der Waals surface area contributed by atoms with Crippen LogP contribution < -0.4 is 10.1 Å². The molecule has 0 bridgehead atoms. The molecule has 142 valence electrons. The molecule has 8 nitrogen and oxygen atoms in total. The van der Waals surface area contributed by atoms with Gasteiger partial charge < -0.3 is 13.9 Å². The molecular weight excluding hydrogens is 404 g/mol. The highest BCUT2D eigenvalue weighted by molar-refractivity contribution is 7.22. The van der Waals surface area contributed by atoms with E-state index in [2.05, 4.69) is 20.5 Å². The molecule has 4 aromatic rings. The molecule has 0 saturated carbocycles. The highest BCUT2D eigenvalue weighted by Crippen LogP contribution is 2.34. The summed E-state index contributed by atoms with van der Waals surface area (Å²) in [6.45, 7) is 0. The monoisotopic (exact) mass is 416 g/mol. The van der Waals surface area contributed by atoms with E-state index in [0.29, 0.717) is 16.4 Å². The summed E-state index contributed by atoms with van der Waals surface area (Å²) < 4.78 is 16.6. The van der Waals surface area contributed by atoms with Crippen molar-refractivity contribution in [2.24, 2.45) is 0 Å². The molecule has 10 heteroatoms. The second kappa shape index (κ2) is 7.45. The zero-order chi connectivity index (χ0) is 19.7.